The zero-order valence-corrected chi connectivity index (χ0v) is 18.5. The van der Waals surface area contributed by atoms with E-state index >= 15 is 0 Å². The van der Waals surface area contributed by atoms with Crippen LogP contribution in [0.4, 0.5) is 5.69 Å². The van der Waals surface area contributed by atoms with Gasteiger partial charge < -0.3 is 4.74 Å². The van der Waals surface area contributed by atoms with Crippen LogP contribution in [0.1, 0.15) is 24.1 Å². The van der Waals surface area contributed by atoms with Crippen molar-refractivity contribution in [3.63, 3.8) is 0 Å². The normalized spacial score (nSPS) is 15.8. The maximum absolute atomic E-state index is 13.4. The molecule has 32 heavy (non-hydrogen) atoms. The van der Waals surface area contributed by atoms with E-state index in [1.807, 2.05) is 0 Å². The third kappa shape index (κ3) is 3.76. The summed E-state index contributed by atoms with van der Waals surface area (Å²) in [5.41, 5.74) is 1.09. The number of fused-ring (bicyclic) bond motifs is 1. The number of methoxy groups -OCH3 is 1. The molecule has 0 saturated carbocycles. The summed E-state index contributed by atoms with van der Waals surface area (Å²) in [6.07, 6.45) is 1.47. The summed E-state index contributed by atoms with van der Waals surface area (Å²) in [6.45, 7) is 1.67. The van der Waals surface area contributed by atoms with Gasteiger partial charge in [-0.3, -0.25) is 19.5 Å². The summed E-state index contributed by atoms with van der Waals surface area (Å²) in [4.78, 5) is 41.7. The van der Waals surface area contributed by atoms with Crippen molar-refractivity contribution in [3.8, 4) is 0 Å². The summed E-state index contributed by atoms with van der Waals surface area (Å²) in [7, 11) is 1.27. The molecule has 1 aliphatic heterocycles. The number of nitro groups is 1. The molecule has 0 aliphatic carbocycles. The second-order valence-corrected chi connectivity index (χ2v) is 8.39. The molecule has 1 unspecified atom stereocenters. The molecule has 0 amide bonds. The molecular formula is C22H16ClN3O5S. The van der Waals surface area contributed by atoms with Gasteiger partial charge in [0.25, 0.3) is 11.2 Å². The first kappa shape index (κ1) is 21.7. The number of hydrogen-bond donors (Lipinski definition) is 0. The third-order valence-corrected chi connectivity index (χ3v) is 6.27. The quantitative estimate of drug-likeness (QED) is 0.332. The maximum Gasteiger partial charge on any atom is 0.338 e. The Balaban J connectivity index is 1.99. The summed E-state index contributed by atoms with van der Waals surface area (Å²) in [6, 6.07) is 12.2. The van der Waals surface area contributed by atoms with Gasteiger partial charge in [0.15, 0.2) is 4.80 Å². The van der Waals surface area contributed by atoms with E-state index in [9.17, 15) is 19.7 Å². The molecule has 0 spiro atoms. The van der Waals surface area contributed by atoms with E-state index in [-0.39, 0.29) is 15.8 Å². The number of esters is 1. The Labute approximate surface area is 190 Å². The lowest BCUT2D eigenvalue weighted by Gasteiger charge is -2.24. The van der Waals surface area contributed by atoms with Gasteiger partial charge in [0, 0.05) is 11.1 Å². The maximum atomic E-state index is 13.4. The standard InChI is InChI=1S/C22H16ClN3O5S/c1-12-18(21(28)31-2)19(13-7-9-15(23)10-8-13)25-20(27)17(32-22(25)24-12)11-14-5-3-4-6-16(14)26(29)30/h3-11,19H,1-2H3. The minimum atomic E-state index is -0.774. The van der Waals surface area contributed by atoms with Crippen molar-refractivity contribution >= 4 is 40.7 Å². The molecule has 8 nitrogen and oxygen atoms in total. The summed E-state index contributed by atoms with van der Waals surface area (Å²) in [5, 5.41) is 11.9. The molecule has 1 aromatic heterocycles. The minimum Gasteiger partial charge on any atom is -0.466 e. The number of carbonyl (C=O) groups excluding carboxylic acids is 1. The smallest absolute Gasteiger partial charge is 0.338 e. The Bertz CT molecular complexity index is 1450. The van der Waals surface area contributed by atoms with Gasteiger partial charge in [-0.05, 0) is 36.8 Å². The van der Waals surface area contributed by atoms with Crippen LogP contribution in [-0.2, 0) is 9.53 Å². The highest BCUT2D eigenvalue weighted by molar-refractivity contribution is 7.07. The van der Waals surface area contributed by atoms with E-state index in [0.717, 1.165) is 11.3 Å². The van der Waals surface area contributed by atoms with Crippen molar-refractivity contribution in [2.24, 2.45) is 4.99 Å². The van der Waals surface area contributed by atoms with Crippen LogP contribution in [0.15, 0.2) is 69.6 Å². The molecule has 0 bridgehead atoms. The molecule has 0 fully saturated rings. The van der Waals surface area contributed by atoms with E-state index in [1.165, 1.54) is 23.8 Å². The first-order chi connectivity index (χ1) is 15.3. The number of aromatic nitrogens is 1. The molecule has 0 N–H and O–H groups in total. The monoisotopic (exact) mass is 469 g/mol. The number of halogens is 1. The Morgan fingerprint density at radius 2 is 1.94 bits per heavy atom. The first-order valence-corrected chi connectivity index (χ1v) is 10.6. The highest BCUT2D eigenvalue weighted by Crippen LogP contribution is 2.31. The number of benzene rings is 2. The summed E-state index contributed by atoms with van der Waals surface area (Å²) in [5.74, 6) is -0.598. The average molecular weight is 470 g/mol. The van der Waals surface area contributed by atoms with E-state index in [4.69, 9.17) is 16.3 Å². The van der Waals surface area contributed by atoms with E-state index in [0.29, 0.717) is 26.6 Å². The van der Waals surface area contributed by atoms with Crippen LogP contribution in [0, 0.1) is 10.1 Å². The van der Waals surface area contributed by atoms with Crippen LogP contribution < -0.4 is 14.9 Å². The number of rotatable bonds is 4. The lowest BCUT2D eigenvalue weighted by Crippen LogP contribution is -2.39. The van der Waals surface area contributed by atoms with Gasteiger partial charge in [0.05, 0.1) is 39.4 Å². The lowest BCUT2D eigenvalue weighted by molar-refractivity contribution is -0.385. The molecule has 10 heteroatoms. The molecule has 1 aliphatic rings. The van der Waals surface area contributed by atoms with Crippen molar-refractivity contribution in [2.45, 2.75) is 13.0 Å². The van der Waals surface area contributed by atoms with Crippen LogP contribution in [0.3, 0.4) is 0 Å². The molecule has 3 aromatic rings. The second kappa shape index (κ2) is 8.52. The first-order valence-electron chi connectivity index (χ1n) is 9.41. The number of hydrogen-bond acceptors (Lipinski definition) is 7. The zero-order chi connectivity index (χ0) is 23.0. The number of nitrogens with zero attached hydrogens (tertiary/aromatic N) is 3. The van der Waals surface area contributed by atoms with Crippen molar-refractivity contribution < 1.29 is 14.5 Å². The summed E-state index contributed by atoms with van der Waals surface area (Å²) < 4.78 is 6.63. The predicted octanol–water partition coefficient (Wildman–Crippen LogP) is 2.97. The van der Waals surface area contributed by atoms with Crippen LogP contribution in [0.5, 0.6) is 0 Å². The van der Waals surface area contributed by atoms with E-state index < -0.39 is 22.5 Å². The Morgan fingerprint density at radius 1 is 1.25 bits per heavy atom. The van der Waals surface area contributed by atoms with Gasteiger partial charge in [0.1, 0.15) is 0 Å². The van der Waals surface area contributed by atoms with Gasteiger partial charge >= 0.3 is 5.97 Å². The van der Waals surface area contributed by atoms with Gasteiger partial charge in [-0.2, -0.15) is 0 Å². The van der Waals surface area contributed by atoms with Crippen molar-refractivity contribution in [3.05, 3.63) is 106 Å². The van der Waals surface area contributed by atoms with Crippen molar-refractivity contribution in [1.29, 1.82) is 0 Å². The largest absolute Gasteiger partial charge is 0.466 e. The number of ether oxygens (including phenoxy) is 1. The Morgan fingerprint density at radius 3 is 2.59 bits per heavy atom. The molecular weight excluding hydrogens is 454 g/mol. The van der Waals surface area contributed by atoms with Crippen LogP contribution >= 0.6 is 22.9 Å². The highest BCUT2D eigenvalue weighted by Gasteiger charge is 2.33. The third-order valence-electron chi connectivity index (χ3n) is 5.03. The molecule has 0 radical (unpaired) electrons. The molecule has 2 aromatic carbocycles. The molecule has 0 saturated heterocycles. The number of thiazole rings is 1. The number of para-hydroxylation sites is 1. The number of nitro benzene ring substituents is 1. The lowest BCUT2D eigenvalue weighted by atomic mass is 9.96. The molecule has 4 rings (SSSR count). The van der Waals surface area contributed by atoms with Crippen LogP contribution in [0.2, 0.25) is 5.02 Å². The predicted molar refractivity (Wildman–Crippen MR) is 120 cm³/mol. The SMILES string of the molecule is COC(=O)C1=C(C)N=c2sc(=Cc3ccccc3[N+](=O)[O-])c(=O)n2C1c1ccc(Cl)cc1. The zero-order valence-electron chi connectivity index (χ0n) is 16.9. The Kier molecular flexibility index (Phi) is 5.77. The van der Waals surface area contributed by atoms with Crippen LogP contribution in [0.25, 0.3) is 6.08 Å². The average Bonchev–Trinajstić information content (AvgIpc) is 3.07. The minimum absolute atomic E-state index is 0.112. The fourth-order valence-electron chi connectivity index (χ4n) is 3.57. The van der Waals surface area contributed by atoms with E-state index in [2.05, 4.69) is 4.99 Å². The van der Waals surface area contributed by atoms with Gasteiger partial charge in [-0.1, -0.05) is 47.2 Å². The molecule has 2 heterocycles. The fraction of sp³-hybridized carbons (Fsp3) is 0.136. The fourth-order valence-corrected chi connectivity index (χ4v) is 4.73. The number of carbonyl (C=O) groups is 1. The molecule has 1 atom stereocenters. The van der Waals surface area contributed by atoms with Gasteiger partial charge in [0.2, 0.25) is 0 Å². The van der Waals surface area contributed by atoms with Crippen molar-refractivity contribution in [2.75, 3.05) is 7.11 Å². The summed E-state index contributed by atoms with van der Waals surface area (Å²) >= 11 is 7.12. The number of allylic oxidation sites excluding steroid dienone is 1. The molecule has 162 valence electrons. The van der Waals surface area contributed by atoms with E-state index in [1.54, 1.807) is 49.4 Å². The van der Waals surface area contributed by atoms with Crippen LogP contribution in [-0.4, -0.2) is 22.6 Å². The van der Waals surface area contributed by atoms with Gasteiger partial charge in [-0.15, -0.1) is 0 Å². The topological polar surface area (TPSA) is 104 Å². The highest BCUT2D eigenvalue weighted by atomic mass is 35.5. The Hall–Kier alpha value is -3.56. The van der Waals surface area contributed by atoms with Gasteiger partial charge in [-0.25, -0.2) is 9.79 Å². The second-order valence-electron chi connectivity index (χ2n) is 6.94. The van der Waals surface area contributed by atoms with Crippen molar-refractivity contribution in [1.82, 2.24) is 4.57 Å².